The topological polar surface area (TPSA) is 121 Å². The van der Waals surface area contributed by atoms with Crippen molar-refractivity contribution >= 4 is 16.9 Å². The summed E-state index contributed by atoms with van der Waals surface area (Å²) in [5, 5.41) is 21.6. The summed E-state index contributed by atoms with van der Waals surface area (Å²) in [6.07, 6.45) is 3.82. The van der Waals surface area contributed by atoms with Gasteiger partial charge >= 0.3 is 5.97 Å². The fraction of sp³-hybridized carbons (Fsp3) is 0.349. The summed E-state index contributed by atoms with van der Waals surface area (Å²) in [6.45, 7) is 3.80. The number of hydrogen-bond acceptors (Lipinski definition) is 8. The number of H-pyrrole nitrogens is 1. The number of aryl methyl sites for hydroxylation is 1. The van der Waals surface area contributed by atoms with Gasteiger partial charge in [0.2, 0.25) is 5.56 Å². The minimum Gasteiger partial charge on any atom is -0.506 e. The number of rotatable bonds is 15. The van der Waals surface area contributed by atoms with Gasteiger partial charge in [-0.1, -0.05) is 60.7 Å². The molecule has 5 aromatic rings. The molecular weight excluding hydrogens is 656 g/mol. The van der Waals surface area contributed by atoms with Crippen LogP contribution in [0.3, 0.4) is 0 Å². The minimum atomic E-state index is -0.724. The van der Waals surface area contributed by atoms with Crippen molar-refractivity contribution in [2.45, 2.75) is 56.7 Å². The summed E-state index contributed by atoms with van der Waals surface area (Å²) in [6, 6.07) is 32.2. The van der Waals surface area contributed by atoms with E-state index in [9.17, 15) is 19.8 Å². The van der Waals surface area contributed by atoms with Crippen LogP contribution in [0.25, 0.3) is 10.9 Å². The first-order valence-electron chi connectivity index (χ1n) is 18.3. The average molecular weight is 703 g/mol. The van der Waals surface area contributed by atoms with Crippen molar-refractivity contribution in [3.8, 4) is 17.2 Å². The summed E-state index contributed by atoms with van der Waals surface area (Å²) < 4.78 is 18.1. The second-order valence-corrected chi connectivity index (χ2v) is 13.9. The van der Waals surface area contributed by atoms with Gasteiger partial charge in [0.05, 0.1) is 18.0 Å². The second-order valence-electron chi connectivity index (χ2n) is 13.9. The highest BCUT2D eigenvalue weighted by Crippen LogP contribution is 2.34. The zero-order valence-electron chi connectivity index (χ0n) is 29.3. The van der Waals surface area contributed by atoms with Crippen molar-refractivity contribution in [1.82, 2.24) is 9.88 Å². The number of aromatic hydroxyl groups is 1. The smallest absolute Gasteiger partial charge is 0.307 e. The molecule has 4 aromatic carbocycles. The molecule has 3 aliphatic rings. The van der Waals surface area contributed by atoms with Gasteiger partial charge in [0, 0.05) is 23.9 Å². The van der Waals surface area contributed by atoms with Gasteiger partial charge in [-0.15, -0.1) is 0 Å². The van der Waals surface area contributed by atoms with Crippen LogP contribution in [-0.4, -0.2) is 65.0 Å². The van der Waals surface area contributed by atoms with Crippen LogP contribution in [0.1, 0.15) is 66.4 Å². The van der Waals surface area contributed by atoms with E-state index in [0.717, 1.165) is 73.5 Å². The van der Waals surface area contributed by atoms with Crippen LogP contribution in [0.2, 0.25) is 0 Å². The van der Waals surface area contributed by atoms with E-state index >= 15 is 0 Å². The molecule has 3 fully saturated rings. The molecule has 1 aromatic heterocycles. The number of ether oxygens (including phenoxy) is 3. The lowest BCUT2D eigenvalue weighted by Crippen LogP contribution is -2.52. The molecule has 2 bridgehead atoms. The Balaban J connectivity index is 0.881. The lowest BCUT2D eigenvalue weighted by Gasteiger charge is -2.44. The predicted octanol–water partition coefficient (Wildman–Crippen LogP) is 6.91. The number of carbonyl (C=O) groups is 1. The van der Waals surface area contributed by atoms with Gasteiger partial charge in [0.15, 0.2) is 0 Å². The van der Waals surface area contributed by atoms with Gasteiger partial charge in [-0.3, -0.25) is 14.5 Å². The molecule has 3 saturated heterocycles. The van der Waals surface area contributed by atoms with Crippen molar-refractivity contribution in [3.05, 3.63) is 136 Å². The zero-order chi connectivity index (χ0) is 35.9. The first-order chi connectivity index (χ1) is 25.4. The third-order valence-corrected chi connectivity index (χ3v) is 10.5. The zero-order valence-corrected chi connectivity index (χ0v) is 29.3. The maximum atomic E-state index is 13.3. The first kappa shape index (κ1) is 35.3. The van der Waals surface area contributed by atoms with Crippen molar-refractivity contribution in [1.29, 1.82) is 0 Å². The largest absolute Gasteiger partial charge is 0.506 e. The van der Waals surface area contributed by atoms with E-state index in [2.05, 4.69) is 22.0 Å². The van der Waals surface area contributed by atoms with E-state index < -0.39 is 6.10 Å². The van der Waals surface area contributed by atoms with E-state index in [1.54, 1.807) is 12.1 Å². The Morgan fingerprint density at radius 3 is 2.35 bits per heavy atom. The molecule has 0 aliphatic carbocycles. The maximum absolute atomic E-state index is 13.3. The fourth-order valence-electron chi connectivity index (χ4n) is 7.64. The number of carbonyl (C=O) groups excluding carboxylic acids is 1. The molecule has 4 heterocycles. The van der Waals surface area contributed by atoms with Crippen molar-refractivity contribution in [2.75, 3.05) is 32.8 Å². The Kier molecular flexibility index (Phi) is 11.2. The number of hydrogen-bond donors (Lipinski definition) is 3. The number of esters is 1. The number of aliphatic hydroxyl groups is 1. The number of fused-ring (bicyclic) bond motifs is 4. The fourth-order valence-corrected chi connectivity index (χ4v) is 7.64. The van der Waals surface area contributed by atoms with Gasteiger partial charge in [-0.25, -0.2) is 0 Å². The maximum Gasteiger partial charge on any atom is 0.307 e. The van der Waals surface area contributed by atoms with E-state index in [-0.39, 0.29) is 35.7 Å². The van der Waals surface area contributed by atoms with Crippen molar-refractivity contribution in [3.63, 3.8) is 0 Å². The number of aromatic amines is 1. The Bertz CT molecular complexity index is 2000. The minimum absolute atomic E-state index is 0.00852. The van der Waals surface area contributed by atoms with E-state index in [1.807, 2.05) is 66.7 Å². The number of phenols is 1. The molecule has 3 atom stereocenters. The lowest BCUT2D eigenvalue weighted by atomic mass is 9.85. The van der Waals surface area contributed by atoms with E-state index in [0.29, 0.717) is 42.0 Å². The molecule has 0 spiro atoms. The quantitative estimate of drug-likeness (QED) is 0.0796. The third-order valence-electron chi connectivity index (χ3n) is 10.5. The molecule has 3 aliphatic heterocycles. The molecule has 9 nitrogen and oxygen atoms in total. The van der Waals surface area contributed by atoms with Gasteiger partial charge < -0.3 is 29.4 Å². The summed E-state index contributed by atoms with van der Waals surface area (Å²) in [7, 11) is 0. The SMILES string of the molecule is O=C(C[C@@H](c1ccccc1)c1cccc(OCCOc2ccc(CCC[C@H](O)c3ccc(O)c4[nH]c(=O)ccc34)cc2)c1)O[C@H]1CN2CCC1CC2. The standard InChI is InChI=1S/C43H46N2O7/c46-38(35-16-18-39(47)43-36(35)17-19-41(48)44-43)11-4-6-29-12-14-33(15-13-29)50-24-25-51-34-10-5-9-32(26-34)37(30-7-2-1-3-8-30)27-42(49)52-40-28-45-22-20-31(40)21-23-45/h1-3,5,7-10,12-19,26,31,37-38,40,46-47H,4,6,11,20-25,27-28H2,(H,44,48)/t37-,38-,40-/m0/s1. The van der Waals surface area contributed by atoms with Crippen LogP contribution in [0, 0.1) is 5.92 Å². The van der Waals surface area contributed by atoms with Crippen LogP contribution in [0.15, 0.2) is 108 Å². The van der Waals surface area contributed by atoms with Gasteiger partial charge in [-0.2, -0.15) is 0 Å². The molecular formula is C43H46N2O7. The Morgan fingerprint density at radius 2 is 1.60 bits per heavy atom. The van der Waals surface area contributed by atoms with Gasteiger partial charge in [-0.05, 0) is 110 Å². The Morgan fingerprint density at radius 1 is 0.846 bits per heavy atom. The Labute approximate surface area is 303 Å². The monoisotopic (exact) mass is 702 g/mol. The molecule has 0 radical (unpaired) electrons. The summed E-state index contributed by atoms with van der Waals surface area (Å²) >= 11 is 0. The summed E-state index contributed by atoms with van der Waals surface area (Å²) in [5.74, 6) is 1.63. The second kappa shape index (κ2) is 16.5. The number of piperidine rings is 3. The lowest BCUT2D eigenvalue weighted by molar-refractivity contribution is -0.159. The summed E-state index contributed by atoms with van der Waals surface area (Å²) in [5.41, 5.74) is 3.92. The Hall–Kier alpha value is -5.12. The van der Waals surface area contributed by atoms with Crippen LogP contribution in [0.4, 0.5) is 0 Å². The highest BCUT2D eigenvalue weighted by molar-refractivity contribution is 5.87. The molecule has 8 rings (SSSR count). The predicted molar refractivity (Wildman–Crippen MR) is 200 cm³/mol. The highest BCUT2D eigenvalue weighted by Gasteiger charge is 2.37. The number of phenolic OH excluding ortho intramolecular Hbond substituents is 1. The first-order valence-corrected chi connectivity index (χ1v) is 18.3. The third kappa shape index (κ3) is 8.66. The molecule has 9 heteroatoms. The van der Waals surface area contributed by atoms with E-state index in [1.165, 1.54) is 12.1 Å². The van der Waals surface area contributed by atoms with Crippen molar-refractivity contribution < 1.29 is 29.2 Å². The number of benzene rings is 4. The number of aliphatic hydroxyl groups excluding tert-OH is 1. The normalized spacial score (nSPS) is 19.2. The number of nitrogens with one attached hydrogen (secondary N) is 1. The van der Waals surface area contributed by atoms with Crippen LogP contribution in [-0.2, 0) is 16.0 Å². The van der Waals surface area contributed by atoms with E-state index in [4.69, 9.17) is 14.2 Å². The van der Waals surface area contributed by atoms with Crippen LogP contribution < -0.4 is 15.0 Å². The van der Waals surface area contributed by atoms with Crippen LogP contribution >= 0.6 is 0 Å². The molecule has 270 valence electrons. The summed E-state index contributed by atoms with van der Waals surface area (Å²) in [4.78, 5) is 30.0. The highest BCUT2D eigenvalue weighted by atomic mass is 16.5. The van der Waals surface area contributed by atoms with Crippen LogP contribution in [0.5, 0.6) is 17.2 Å². The van der Waals surface area contributed by atoms with Gasteiger partial charge in [0.25, 0.3) is 0 Å². The average Bonchev–Trinajstić information content (AvgIpc) is 3.17. The molecule has 3 N–H and O–H groups in total. The number of pyridine rings is 1. The molecule has 0 amide bonds. The molecule has 0 unspecified atom stereocenters. The number of nitrogens with zero attached hydrogens (tertiary/aromatic N) is 1. The molecule has 0 saturated carbocycles. The van der Waals surface area contributed by atoms with Gasteiger partial charge in [0.1, 0.15) is 36.6 Å². The number of aromatic nitrogens is 1. The molecule has 52 heavy (non-hydrogen) atoms. The van der Waals surface area contributed by atoms with Crippen molar-refractivity contribution in [2.24, 2.45) is 5.92 Å².